The van der Waals surface area contributed by atoms with E-state index in [0.29, 0.717) is 27.9 Å². The van der Waals surface area contributed by atoms with Gasteiger partial charge in [-0.15, -0.1) is 0 Å². The first-order valence-electron chi connectivity index (χ1n) is 5.85. The maximum atomic E-state index is 12.2. The van der Waals surface area contributed by atoms with Crippen LogP contribution in [0, 0.1) is 46.8 Å². The molecule has 6 rings (SSSR count). The Bertz CT molecular complexity index is 390. The normalized spacial score (nSPS) is 80.3. The van der Waals surface area contributed by atoms with Crippen LogP contribution in [-0.2, 0) is 4.79 Å². The molecule has 2 heteroatoms. The van der Waals surface area contributed by atoms with Crippen molar-refractivity contribution in [2.24, 2.45) is 46.8 Å². The van der Waals surface area contributed by atoms with E-state index in [2.05, 4.69) is 22.9 Å². The van der Waals surface area contributed by atoms with Crippen molar-refractivity contribution >= 4 is 21.7 Å². The van der Waals surface area contributed by atoms with Crippen LogP contribution in [0.15, 0.2) is 0 Å². The third-order valence-electron chi connectivity index (χ3n) is 6.63. The Labute approximate surface area is 91.8 Å². The van der Waals surface area contributed by atoms with E-state index in [1.165, 1.54) is 6.42 Å². The molecular formula is C12H13BrO. The Morgan fingerprint density at radius 2 is 2.14 bits per heavy atom. The summed E-state index contributed by atoms with van der Waals surface area (Å²) < 4.78 is 0. The van der Waals surface area contributed by atoms with Gasteiger partial charge >= 0.3 is 0 Å². The average molecular weight is 253 g/mol. The maximum Gasteiger partial charge on any atom is 0.140 e. The molecular weight excluding hydrogens is 240 g/mol. The van der Waals surface area contributed by atoms with E-state index in [1.807, 2.05) is 0 Å². The number of carbonyl (C=O) groups excluding carboxylic acids is 1. The molecule has 0 N–H and O–H groups in total. The first-order chi connectivity index (χ1) is 6.67. The standard InChI is InChI=1S/C12H13BrO/c1-12-8-4-2-3-5(6(4)11(12)13)9(12)10(14)7(3)8/h3-9,11H,2H2,1H3. The Morgan fingerprint density at radius 1 is 1.36 bits per heavy atom. The van der Waals surface area contributed by atoms with Gasteiger partial charge in [-0.1, -0.05) is 22.9 Å². The number of rotatable bonds is 0. The van der Waals surface area contributed by atoms with Crippen molar-refractivity contribution in [3.05, 3.63) is 0 Å². The molecule has 1 nitrogen and oxygen atoms in total. The number of hydrogen-bond donors (Lipinski definition) is 0. The van der Waals surface area contributed by atoms with Crippen molar-refractivity contribution in [3.8, 4) is 0 Å². The number of Topliss-reactive ketones (excluding diaryl/α,β-unsaturated/α-hetero) is 1. The van der Waals surface area contributed by atoms with Gasteiger partial charge in [0.05, 0.1) is 0 Å². The minimum atomic E-state index is 0.370. The third-order valence-corrected chi connectivity index (χ3v) is 8.22. The molecule has 0 heterocycles. The summed E-state index contributed by atoms with van der Waals surface area (Å²) in [6.45, 7) is 2.40. The summed E-state index contributed by atoms with van der Waals surface area (Å²) in [5, 5.41) is 0. The zero-order valence-corrected chi connectivity index (χ0v) is 9.70. The van der Waals surface area contributed by atoms with Crippen molar-refractivity contribution < 1.29 is 4.79 Å². The van der Waals surface area contributed by atoms with E-state index in [-0.39, 0.29) is 0 Å². The molecule has 14 heavy (non-hydrogen) atoms. The van der Waals surface area contributed by atoms with Crippen LogP contribution in [0.5, 0.6) is 0 Å². The van der Waals surface area contributed by atoms with Crippen molar-refractivity contribution in [1.82, 2.24) is 0 Å². The monoisotopic (exact) mass is 252 g/mol. The van der Waals surface area contributed by atoms with Gasteiger partial charge in [0.15, 0.2) is 0 Å². The van der Waals surface area contributed by atoms with Gasteiger partial charge in [0.25, 0.3) is 0 Å². The number of halogens is 1. The highest BCUT2D eigenvalue weighted by Gasteiger charge is 2.87. The fourth-order valence-electron chi connectivity index (χ4n) is 6.72. The lowest BCUT2D eigenvalue weighted by molar-refractivity contribution is -0.122. The second kappa shape index (κ2) is 1.66. The van der Waals surface area contributed by atoms with E-state index < -0.39 is 0 Å². The molecule has 6 bridgehead atoms. The number of carbonyl (C=O) groups is 1. The molecule has 0 radical (unpaired) electrons. The average Bonchev–Trinajstić information content (AvgIpc) is 2.81. The lowest BCUT2D eigenvalue weighted by Gasteiger charge is -2.38. The van der Waals surface area contributed by atoms with Crippen LogP contribution in [0.25, 0.3) is 0 Å². The smallest absolute Gasteiger partial charge is 0.140 e. The molecule has 6 saturated carbocycles. The molecule has 0 aromatic heterocycles. The number of ketones is 1. The van der Waals surface area contributed by atoms with Gasteiger partial charge in [0.1, 0.15) is 5.78 Å². The summed E-state index contributed by atoms with van der Waals surface area (Å²) in [5.74, 6) is 5.85. The zero-order chi connectivity index (χ0) is 9.40. The summed E-state index contributed by atoms with van der Waals surface area (Å²) in [5.41, 5.74) is 0.370. The molecule has 0 aromatic rings. The van der Waals surface area contributed by atoms with Crippen LogP contribution in [0.3, 0.4) is 0 Å². The Hall–Kier alpha value is 0.150. The van der Waals surface area contributed by atoms with Gasteiger partial charge in [-0.05, 0) is 41.4 Å². The summed E-state index contributed by atoms with van der Waals surface area (Å²) in [6.07, 6.45) is 1.39. The van der Waals surface area contributed by atoms with Gasteiger partial charge in [-0.25, -0.2) is 0 Å². The molecule has 6 aliphatic rings. The molecule has 6 fully saturated rings. The van der Waals surface area contributed by atoms with Crippen LogP contribution in [0.2, 0.25) is 0 Å². The van der Waals surface area contributed by atoms with Crippen molar-refractivity contribution in [1.29, 1.82) is 0 Å². The molecule has 74 valence electrons. The fourth-order valence-corrected chi connectivity index (χ4v) is 8.05. The van der Waals surface area contributed by atoms with Crippen molar-refractivity contribution in [3.63, 3.8) is 0 Å². The zero-order valence-electron chi connectivity index (χ0n) is 8.11. The SMILES string of the molecule is CC12C(Br)C3C4CC5C(C(=O)C1C53)C42. The summed E-state index contributed by atoms with van der Waals surface area (Å²) >= 11 is 3.92. The van der Waals surface area contributed by atoms with Crippen LogP contribution >= 0.6 is 15.9 Å². The van der Waals surface area contributed by atoms with Crippen molar-refractivity contribution in [2.75, 3.05) is 0 Å². The minimum absolute atomic E-state index is 0.370. The summed E-state index contributed by atoms with van der Waals surface area (Å²) in [4.78, 5) is 12.9. The second-order valence-corrected chi connectivity index (χ2v) is 7.40. The Balaban J connectivity index is 1.92. The van der Waals surface area contributed by atoms with E-state index in [9.17, 15) is 4.79 Å². The van der Waals surface area contributed by atoms with Gasteiger partial charge in [-0.3, -0.25) is 4.79 Å². The number of alkyl halides is 1. The lowest BCUT2D eigenvalue weighted by atomic mass is 9.64. The molecule has 0 aromatic carbocycles. The molecule has 0 spiro atoms. The Kier molecular flexibility index (Phi) is 0.883. The summed E-state index contributed by atoms with van der Waals surface area (Å²) in [7, 11) is 0. The van der Waals surface area contributed by atoms with Crippen LogP contribution in [-0.4, -0.2) is 10.6 Å². The molecule has 6 aliphatic carbocycles. The lowest BCUT2D eigenvalue weighted by Crippen LogP contribution is -2.37. The second-order valence-electron chi connectivity index (χ2n) is 6.42. The minimum Gasteiger partial charge on any atom is -0.299 e. The van der Waals surface area contributed by atoms with E-state index in [4.69, 9.17) is 0 Å². The van der Waals surface area contributed by atoms with Crippen LogP contribution < -0.4 is 0 Å². The predicted molar refractivity (Wildman–Crippen MR) is 54.9 cm³/mol. The predicted octanol–water partition coefficient (Wildman–Crippen LogP) is 2.10. The Morgan fingerprint density at radius 3 is 2.86 bits per heavy atom. The van der Waals surface area contributed by atoms with Gasteiger partial charge in [-0.2, -0.15) is 0 Å². The van der Waals surface area contributed by atoms with Crippen LogP contribution in [0.1, 0.15) is 13.3 Å². The number of hydrogen-bond acceptors (Lipinski definition) is 1. The quantitative estimate of drug-likeness (QED) is 0.604. The third kappa shape index (κ3) is 0.391. The largest absolute Gasteiger partial charge is 0.299 e. The maximum absolute atomic E-state index is 12.2. The first-order valence-corrected chi connectivity index (χ1v) is 6.76. The highest BCUT2D eigenvalue weighted by atomic mass is 79.9. The molecule has 9 unspecified atom stereocenters. The van der Waals surface area contributed by atoms with Gasteiger partial charge < -0.3 is 0 Å². The van der Waals surface area contributed by atoms with E-state index in [1.54, 1.807) is 0 Å². The highest BCUT2D eigenvalue weighted by molar-refractivity contribution is 9.09. The highest BCUT2D eigenvalue weighted by Crippen LogP contribution is 2.86. The fraction of sp³-hybridized carbons (Fsp3) is 0.917. The van der Waals surface area contributed by atoms with E-state index >= 15 is 0 Å². The van der Waals surface area contributed by atoms with E-state index in [0.717, 1.165) is 29.6 Å². The molecule has 0 aliphatic heterocycles. The molecule has 0 amide bonds. The van der Waals surface area contributed by atoms with Gasteiger partial charge in [0.2, 0.25) is 0 Å². The summed E-state index contributed by atoms with van der Waals surface area (Å²) in [6, 6.07) is 0. The first kappa shape index (κ1) is 7.43. The molecule has 0 saturated heterocycles. The van der Waals surface area contributed by atoms with Crippen LogP contribution in [0.4, 0.5) is 0 Å². The van der Waals surface area contributed by atoms with Crippen molar-refractivity contribution in [2.45, 2.75) is 18.2 Å². The topological polar surface area (TPSA) is 17.1 Å². The molecule has 9 atom stereocenters. The van der Waals surface area contributed by atoms with Gasteiger partial charge in [0, 0.05) is 16.7 Å².